The number of thiazole rings is 1. The van der Waals surface area contributed by atoms with Gasteiger partial charge in [-0.2, -0.15) is 0 Å². The topological polar surface area (TPSA) is 71.1 Å². The summed E-state index contributed by atoms with van der Waals surface area (Å²) in [6.07, 6.45) is 1.83. The third-order valence-corrected chi connectivity index (χ3v) is 5.57. The molecule has 0 atom stereocenters. The molecule has 0 spiro atoms. The molecule has 0 radical (unpaired) electrons. The lowest BCUT2D eigenvalue weighted by Gasteiger charge is -2.12. The van der Waals surface area contributed by atoms with Crippen molar-refractivity contribution in [3.05, 3.63) is 52.5 Å². The fraction of sp³-hybridized carbons (Fsp3) is 0.250. The van der Waals surface area contributed by atoms with E-state index in [2.05, 4.69) is 15.6 Å². The summed E-state index contributed by atoms with van der Waals surface area (Å²) in [7, 11) is 0. The third-order valence-electron chi connectivity index (χ3n) is 4.59. The Morgan fingerprint density at radius 2 is 1.77 bits per heavy atom. The molecule has 6 heteroatoms. The first-order valence-electron chi connectivity index (χ1n) is 8.60. The SMILES string of the molecule is Cc1nc(NC(=O)c2cc3ccccc3cc2NC(=O)C2CC2)sc1C. The Morgan fingerprint density at radius 3 is 2.38 bits per heavy atom. The molecular weight excluding hydrogens is 346 g/mol. The molecular formula is C20H19N3O2S. The largest absolute Gasteiger partial charge is 0.325 e. The van der Waals surface area contributed by atoms with Crippen LogP contribution in [0.1, 0.15) is 33.8 Å². The van der Waals surface area contributed by atoms with Crippen LogP contribution in [0.4, 0.5) is 10.8 Å². The number of hydrogen-bond donors (Lipinski definition) is 2. The molecule has 4 rings (SSSR count). The maximum Gasteiger partial charge on any atom is 0.259 e. The number of aryl methyl sites for hydroxylation is 2. The Morgan fingerprint density at radius 1 is 1.08 bits per heavy atom. The lowest BCUT2D eigenvalue weighted by molar-refractivity contribution is -0.117. The van der Waals surface area contributed by atoms with E-state index >= 15 is 0 Å². The summed E-state index contributed by atoms with van der Waals surface area (Å²) in [5, 5.41) is 8.29. The first kappa shape index (κ1) is 16.7. The first-order valence-corrected chi connectivity index (χ1v) is 9.42. The number of amides is 2. The zero-order chi connectivity index (χ0) is 18.3. The fourth-order valence-electron chi connectivity index (χ4n) is 2.80. The molecule has 1 heterocycles. The monoisotopic (exact) mass is 365 g/mol. The summed E-state index contributed by atoms with van der Waals surface area (Å²) in [6, 6.07) is 11.5. The smallest absolute Gasteiger partial charge is 0.259 e. The van der Waals surface area contributed by atoms with Gasteiger partial charge in [-0.1, -0.05) is 24.3 Å². The van der Waals surface area contributed by atoms with Gasteiger partial charge >= 0.3 is 0 Å². The van der Waals surface area contributed by atoms with Gasteiger partial charge in [-0.3, -0.25) is 14.9 Å². The molecule has 1 aliphatic carbocycles. The van der Waals surface area contributed by atoms with Crippen LogP contribution in [0.5, 0.6) is 0 Å². The van der Waals surface area contributed by atoms with Gasteiger partial charge in [-0.05, 0) is 49.6 Å². The fourth-order valence-corrected chi connectivity index (χ4v) is 3.61. The Kier molecular flexibility index (Phi) is 4.20. The van der Waals surface area contributed by atoms with E-state index in [4.69, 9.17) is 0 Å². The zero-order valence-electron chi connectivity index (χ0n) is 14.6. The molecule has 0 saturated heterocycles. The van der Waals surface area contributed by atoms with Crippen LogP contribution in [0.15, 0.2) is 36.4 Å². The highest BCUT2D eigenvalue weighted by atomic mass is 32.1. The number of rotatable bonds is 4. The van der Waals surface area contributed by atoms with Crippen LogP contribution in [0.3, 0.4) is 0 Å². The van der Waals surface area contributed by atoms with Gasteiger partial charge in [-0.25, -0.2) is 4.98 Å². The second-order valence-corrected chi connectivity index (χ2v) is 7.83. The van der Waals surface area contributed by atoms with Crippen LogP contribution in [0.2, 0.25) is 0 Å². The van der Waals surface area contributed by atoms with Crippen molar-refractivity contribution in [2.75, 3.05) is 10.6 Å². The molecule has 26 heavy (non-hydrogen) atoms. The van der Waals surface area contributed by atoms with Crippen LogP contribution < -0.4 is 10.6 Å². The molecule has 1 saturated carbocycles. The minimum absolute atomic E-state index is 0.0183. The van der Waals surface area contributed by atoms with E-state index < -0.39 is 0 Å². The molecule has 2 amide bonds. The van der Waals surface area contributed by atoms with E-state index in [0.29, 0.717) is 16.4 Å². The van der Waals surface area contributed by atoms with E-state index in [0.717, 1.165) is 34.2 Å². The predicted octanol–water partition coefficient (Wildman–Crippen LogP) is 4.51. The van der Waals surface area contributed by atoms with Gasteiger partial charge < -0.3 is 5.32 Å². The number of aromatic nitrogens is 1. The van der Waals surface area contributed by atoms with Gasteiger partial charge in [0.15, 0.2) is 5.13 Å². The van der Waals surface area contributed by atoms with Crippen LogP contribution in [0, 0.1) is 19.8 Å². The van der Waals surface area contributed by atoms with Gasteiger partial charge in [0.2, 0.25) is 5.91 Å². The lowest BCUT2D eigenvalue weighted by Crippen LogP contribution is -2.19. The summed E-state index contributed by atoms with van der Waals surface area (Å²) in [4.78, 5) is 30.5. The maximum absolute atomic E-state index is 12.9. The number of nitrogens with zero attached hydrogens (tertiary/aromatic N) is 1. The molecule has 0 bridgehead atoms. The molecule has 132 valence electrons. The van der Waals surface area contributed by atoms with E-state index in [1.807, 2.05) is 50.2 Å². The van der Waals surface area contributed by atoms with Crippen molar-refractivity contribution in [1.29, 1.82) is 0 Å². The highest BCUT2D eigenvalue weighted by Gasteiger charge is 2.30. The van der Waals surface area contributed by atoms with Crippen LogP contribution in [-0.2, 0) is 4.79 Å². The van der Waals surface area contributed by atoms with Crippen molar-refractivity contribution in [2.45, 2.75) is 26.7 Å². The second kappa shape index (κ2) is 6.53. The zero-order valence-corrected chi connectivity index (χ0v) is 15.4. The molecule has 5 nitrogen and oxygen atoms in total. The lowest BCUT2D eigenvalue weighted by atomic mass is 10.0. The quantitative estimate of drug-likeness (QED) is 0.714. The van der Waals surface area contributed by atoms with Crippen molar-refractivity contribution < 1.29 is 9.59 Å². The molecule has 1 fully saturated rings. The van der Waals surface area contributed by atoms with Crippen molar-refractivity contribution >= 4 is 44.7 Å². The average molecular weight is 365 g/mol. The van der Waals surface area contributed by atoms with Crippen LogP contribution in [-0.4, -0.2) is 16.8 Å². The molecule has 1 aromatic heterocycles. The normalized spacial score (nSPS) is 13.6. The Labute approximate surface area is 155 Å². The first-order chi connectivity index (χ1) is 12.5. The standard InChI is InChI=1S/C20H19N3O2S/c1-11-12(2)26-20(21-11)23-19(25)16-9-14-5-3-4-6-15(14)10-17(16)22-18(24)13-7-8-13/h3-6,9-10,13H,7-8H2,1-2H3,(H,22,24)(H,21,23,25). The van der Waals surface area contributed by atoms with Gasteiger partial charge in [0, 0.05) is 10.8 Å². The molecule has 3 aromatic rings. The predicted molar refractivity (Wildman–Crippen MR) is 105 cm³/mol. The van der Waals surface area contributed by atoms with Crippen LogP contribution >= 0.6 is 11.3 Å². The van der Waals surface area contributed by atoms with E-state index in [1.165, 1.54) is 11.3 Å². The molecule has 1 aliphatic rings. The molecule has 0 aliphatic heterocycles. The maximum atomic E-state index is 12.9. The van der Waals surface area contributed by atoms with Crippen LogP contribution in [0.25, 0.3) is 10.8 Å². The number of fused-ring (bicyclic) bond motifs is 1. The van der Waals surface area contributed by atoms with Crippen molar-refractivity contribution in [1.82, 2.24) is 4.98 Å². The van der Waals surface area contributed by atoms with Gasteiger partial charge in [-0.15, -0.1) is 11.3 Å². The van der Waals surface area contributed by atoms with Crippen molar-refractivity contribution in [3.63, 3.8) is 0 Å². The van der Waals surface area contributed by atoms with E-state index in [-0.39, 0.29) is 17.7 Å². The minimum Gasteiger partial charge on any atom is -0.325 e. The summed E-state index contributed by atoms with van der Waals surface area (Å²) >= 11 is 1.45. The summed E-state index contributed by atoms with van der Waals surface area (Å²) < 4.78 is 0. The molecule has 2 N–H and O–H groups in total. The highest BCUT2D eigenvalue weighted by molar-refractivity contribution is 7.15. The Hall–Kier alpha value is -2.73. The highest BCUT2D eigenvalue weighted by Crippen LogP contribution is 2.32. The summed E-state index contributed by atoms with van der Waals surface area (Å²) in [5.41, 5.74) is 1.90. The number of benzene rings is 2. The van der Waals surface area contributed by atoms with Crippen molar-refractivity contribution in [3.8, 4) is 0 Å². The second-order valence-electron chi connectivity index (χ2n) is 6.62. The number of carbonyl (C=O) groups is 2. The van der Waals surface area contributed by atoms with E-state index in [9.17, 15) is 9.59 Å². The van der Waals surface area contributed by atoms with Gasteiger partial charge in [0.25, 0.3) is 5.91 Å². The van der Waals surface area contributed by atoms with Gasteiger partial charge in [0.1, 0.15) is 0 Å². The number of hydrogen-bond acceptors (Lipinski definition) is 4. The Balaban J connectivity index is 1.70. The minimum atomic E-state index is -0.268. The number of anilines is 2. The van der Waals surface area contributed by atoms with E-state index in [1.54, 1.807) is 0 Å². The Bertz CT molecular complexity index is 1000. The molecule has 0 unspecified atom stereocenters. The number of carbonyl (C=O) groups excluding carboxylic acids is 2. The average Bonchev–Trinajstić information content (AvgIpc) is 3.41. The van der Waals surface area contributed by atoms with Crippen molar-refractivity contribution in [2.24, 2.45) is 5.92 Å². The third kappa shape index (κ3) is 3.32. The van der Waals surface area contributed by atoms with Gasteiger partial charge in [0.05, 0.1) is 16.9 Å². The molecule has 2 aromatic carbocycles. The summed E-state index contributed by atoms with van der Waals surface area (Å²) in [5.74, 6) is -0.215. The number of nitrogens with one attached hydrogen (secondary N) is 2. The summed E-state index contributed by atoms with van der Waals surface area (Å²) in [6.45, 7) is 3.89.